The lowest BCUT2D eigenvalue weighted by Gasteiger charge is -2.12. The molecule has 0 unspecified atom stereocenters. The number of benzene rings is 1. The quantitative estimate of drug-likeness (QED) is 0.638. The van der Waals surface area contributed by atoms with Crippen LogP contribution in [-0.4, -0.2) is 11.7 Å². The van der Waals surface area contributed by atoms with Gasteiger partial charge in [0.1, 0.15) is 0 Å². The maximum absolute atomic E-state index is 5.87. The average Bonchev–Trinajstić information content (AvgIpc) is 2.19. The predicted octanol–water partition coefficient (Wildman–Crippen LogP) is 3.51. The Morgan fingerprint density at radius 3 is 2.75 bits per heavy atom. The van der Waals surface area contributed by atoms with Gasteiger partial charge in [0.05, 0.1) is 0 Å². The lowest BCUT2D eigenvalue weighted by atomic mass is 10.2. The summed E-state index contributed by atoms with van der Waals surface area (Å²) in [5.74, 6) is 0. The summed E-state index contributed by atoms with van der Waals surface area (Å²) in [6.07, 6.45) is 0. The van der Waals surface area contributed by atoms with Gasteiger partial charge < -0.3 is 10.6 Å². The van der Waals surface area contributed by atoms with Gasteiger partial charge in [-0.05, 0) is 49.8 Å². The fraction of sp³-hybridized carbons (Fsp3) is 0.250. The minimum absolute atomic E-state index is 0.591. The number of thiocarbonyl (C=S) groups is 1. The summed E-state index contributed by atoms with van der Waals surface area (Å²) in [6.45, 7) is 8.40. The van der Waals surface area contributed by atoms with E-state index in [-0.39, 0.29) is 0 Å². The van der Waals surface area contributed by atoms with Crippen LogP contribution in [0.3, 0.4) is 0 Å². The molecule has 0 aliphatic rings. The molecule has 0 amide bonds. The third-order valence-electron chi connectivity index (χ3n) is 1.99. The van der Waals surface area contributed by atoms with Crippen molar-refractivity contribution in [2.24, 2.45) is 0 Å². The highest BCUT2D eigenvalue weighted by Gasteiger charge is 2.01. The standard InChI is InChI=1S/C12H15ClN2S/c1-8(2)7-14-12(16)15-11-5-4-10(13)6-9(11)3/h4-6H,1,7H2,2-3H3,(H2,14,15,16). The van der Waals surface area contributed by atoms with E-state index in [9.17, 15) is 0 Å². The topological polar surface area (TPSA) is 24.1 Å². The Hall–Kier alpha value is -1.06. The lowest BCUT2D eigenvalue weighted by Crippen LogP contribution is -2.29. The van der Waals surface area contributed by atoms with Gasteiger partial charge in [-0.2, -0.15) is 0 Å². The molecule has 0 fully saturated rings. The van der Waals surface area contributed by atoms with Crippen molar-refractivity contribution in [2.45, 2.75) is 13.8 Å². The van der Waals surface area contributed by atoms with Crippen LogP contribution in [0.25, 0.3) is 0 Å². The van der Waals surface area contributed by atoms with E-state index in [1.807, 2.05) is 32.0 Å². The fourth-order valence-corrected chi connectivity index (χ4v) is 1.57. The fourth-order valence-electron chi connectivity index (χ4n) is 1.17. The SMILES string of the molecule is C=C(C)CNC(=S)Nc1ccc(Cl)cc1C. The third-order valence-corrected chi connectivity index (χ3v) is 2.47. The first-order valence-corrected chi connectivity index (χ1v) is 5.73. The number of hydrogen-bond donors (Lipinski definition) is 2. The second-order valence-corrected chi connectivity index (χ2v) is 4.57. The van der Waals surface area contributed by atoms with Crippen molar-refractivity contribution in [1.29, 1.82) is 0 Å². The van der Waals surface area contributed by atoms with Gasteiger partial charge in [-0.3, -0.25) is 0 Å². The molecule has 86 valence electrons. The molecule has 1 aromatic rings. The molecule has 0 heterocycles. The Morgan fingerprint density at radius 2 is 2.19 bits per heavy atom. The number of aryl methyl sites for hydroxylation is 1. The maximum atomic E-state index is 5.87. The van der Waals surface area contributed by atoms with Crippen LogP contribution in [0.4, 0.5) is 5.69 Å². The van der Waals surface area contributed by atoms with Crippen LogP contribution in [0.1, 0.15) is 12.5 Å². The molecule has 0 bridgehead atoms. The van der Waals surface area contributed by atoms with Gasteiger partial charge in [-0.15, -0.1) is 0 Å². The molecular formula is C12H15ClN2S. The molecule has 2 nitrogen and oxygen atoms in total. The summed E-state index contributed by atoms with van der Waals surface area (Å²) in [5.41, 5.74) is 3.06. The van der Waals surface area contributed by atoms with E-state index in [4.69, 9.17) is 23.8 Å². The average molecular weight is 255 g/mol. The maximum Gasteiger partial charge on any atom is 0.171 e. The normalized spacial score (nSPS) is 9.69. The molecule has 2 N–H and O–H groups in total. The van der Waals surface area contributed by atoms with Gasteiger partial charge >= 0.3 is 0 Å². The van der Waals surface area contributed by atoms with Crippen molar-refractivity contribution in [3.63, 3.8) is 0 Å². The second-order valence-electron chi connectivity index (χ2n) is 3.72. The molecule has 0 spiro atoms. The molecule has 0 aliphatic carbocycles. The van der Waals surface area contributed by atoms with Crippen LogP contribution in [0.2, 0.25) is 5.02 Å². The van der Waals surface area contributed by atoms with Crippen LogP contribution in [0, 0.1) is 6.92 Å². The van der Waals surface area contributed by atoms with Crippen molar-refractivity contribution < 1.29 is 0 Å². The Morgan fingerprint density at radius 1 is 1.50 bits per heavy atom. The zero-order chi connectivity index (χ0) is 12.1. The zero-order valence-electron chi connectivity index (χ0n) is 9.43. The molecule has 0 saturated carbocycles. The van der Waals surface area contributed by atoms with Gasteiger partial charge in [0, 0.05) is 17.3 Å². The Kier molecular flexibility index (Phi) is 4.77. The van der Waals surface area contributed by atoms with Crippen molar-refractivity contribution in [3.05, 3.63) is 40.9 Å². The van der Waals surface area contributed by atoms with Gasteiger partial charge in [0.15, 0.2) is 5.11 Å². The highest BCUT2D eigenvalue weighted by molar-refractivity contribution is 7.80. The van der Waals surface area contributed by atoms with E-state index in [0.29, 0.717) is 11.7 Å². The Balaban J connectivity index is 2.59. The molecule has 0 aliphatic heterocycles. The molecule has 1 rings (SSSR count). The molecule has 16 heavy (non-hydrogen) atoms. The minimum Gasteiger partial charge on any atom is -0.359 e. The van der Waals surface area contributed by atoms with E-state index in [2.05, 4.69) is 17.2 Å². The van der Waals surface area contributed by atoms with Gasteiger partial charge in [-0.1, -0.05) is 23.8 Å². The summed E-state index contributed by atoms with van der Waals surface area (Å²) in [5, 5.41) is 7.49. The monoisotopic (exact) mass is 254 g/mol. The first-order chi connectivity index (χ1) is 7.49. The lowest BCUT2D eigenvalue weighted by molar-refractivity contribution is 0.999. The van der Waals surface area contributed by atoms with E-state index < -0.39 is 0 Å². The third kappa shape index (κ3) is 4.21. The van der Waals surface area contributed by atoms with E-state index >= 15 is 0 Å². The van der Waals surface area contributed by atoms with E-state index in [1.54, 1.807) is 0 Å². The van der Waals surface area contributed by atoms with Crippen LogP contribution < -0.4 is 10.6 Å². The van der Waals surface area contributed by atoms with Crippen LogP contribution >= 0.6 is 23.8 Å². The van der Waals surface area contributed by atoms with Gasteiger partial charge in [0.25, 0.3) is 0 Å². The first kappa shape index (κ1) is 13.0. The van der Waals surface area contributed by atoms with Crippen LogP contribution in [-0.2, 0) is 0 Å². The van der Waals surface area contributed by atoms with Gasteiger partial charge in [-0.25, -0.2) is 0 Å². The van der Waals surface area contributed by atoms with Crippen molar-refractivity contribution in [2.75, 3.05) is 11.9 Å². The number of rotatable bonds is 3. The molecule has 4 heteroatoms. The summed E-state index contributed by atoms with van der Waals surface area (Å²) in [7, 11) is 0. The van der Waals surface area contributed by atoms with Crippen LogP contribution in [0.15, 0.2) is 30.4 Å². The largest absolute Gasteiger partial charge is 0.359 e. The molecule has 0 radical (unpaired) electrons. The van der Waals surface area contributed by atoms with E-state index in [1.165, 1.54) is 0 Å². The van der Waals surface area contributed by atoms with Crippen molar-refractivity contribution in [1.82, 2.24) is 5.32 Å². The van der Waals surface area contributed by atoms with Gasteiger partial charge in [0.2, 0.25) is 0 Å². The molecule has 0 atom stereocenters. The summed E-state index contributed by atoms with van der Waals surface area (Å²) in [4.78, 5) is 0. The highest BCUT2D eigenvalue weighted by Crippen LogP contribution is 2.19. The van der Waals surface area contributed by atoms with Crippen molar-refractivity contribution >= 4 is 34.6 Å². The highest BCUT2D eigenvalue weighted by atomic mass is 35.5. The first-order valence-electron chi connectivity index (χ1n) is 4.94. The number of anilines is 1. The minimum atomic E-state index is 0.591. The smallest absolute Gasteiger partial charge is 0.171 e. The Bertz CT molecular complexity index is 415. The molecule has 0 saturated heterocycles. The molecule has 0 aromatic heterocycles. The number of hydrogen-bond acceptors (Lipinski definition) is 1. The predicted molar refractivity (Wildman–Crippen MR) is 75.2 cm³/mol. The second kappa shape index (κ2) is 5.87. The van der Waals surface area contributed by atoms with Crippen LogP contribution in [0.5, 0.6) is 0 Å². The number of nitrogens with one attached hydrogen (secondary N) is 2. The number of halogens is 1. The molecular weight excluding hydrogens is 240 g/mol. The Labute approximate surface area is 107 Å². The summed E-state index contributed by atoms with van der Waals surface area (Å²) < 4.78 is 0. The molecule has 1 aromatic carbocycles. The zero-order valence-corrected chi connectivity index (χ0v) is 11.0. The van der Waals surface area contributed by atoms with E-state index in [0.717, 1.165) is 21.8 Å². The summed E-state index contributed by atoms with van der Waals surface area (Å²) in [6, 6.07) is 5.63. The van der Waals surface area contributed by atoms with Crippen molar-refractivity contribution in [3.8, 4) is 0 Å². The summed E-state index contributed by atoms with van der Waals surface area (Å²) >= 11 is 11.0.